The Balaban J connectivity index is 2.75. The van der Waals surface area contributed by atoms with Crippen molar-refractivity contribution in [1.82, 2.24) is 0 Å². The van der Waals surface area contributed by atoms with Crippen LogP contribution in [0.15, 0.2) is 30.9 Å². The van der Waals surface area contributed by atoms with Crippen molar-refractivity contribution in [2.45, 2.75) is 32.7 Å². The highest BCUT2D eigenvalue weighted by Crippen LogP contribution is 2.18. The maximum absolute atomic E-state index is 6.05. The Labute approximate surface area is 86.6 Å². The third-order valence-corrected chi connectivity index (χ3v) is 2.64. The van der Waals surface area contributed by atoms with Crippen LogP contribution in [0.25, 0.3) is 0 Å². The topological polar surface area (TPSA) is 26.0 Å². The lowest BCUT2D eigenvalue weighted by Crippen LogP contribution is -2.10. The monoisotopic (exact) mass is 189 g/mol. The molecule has 0 saturated heterocycles. The Morgan fingerprint density at radius 2 is 2.07 bits per heavy atom. The van der Waals surface area contributed by atoms with Crippen LogP contribution in [0.1, 0.15) is 35.6 Å². The third kappa shape index (κ3) is 2.71. The highest BCUT2D eigenvalue weighted by molar-refractivity contribution is 5.31. The van der Waals surface area contributed by atoms with Gasteiger partial charge in [0.25, 0.3) is 0 Å². The van der Waals surface area contributed by atoms with Crippen LogP contribution in [-0.2, 0) is 0 Å². The molecule has 14 heavy (non-hydrogen) atoms. The van der Waals surface area contributed by atoms with Crippen molar-refractivity contribution in [2.24, 2.45) is 5.73 Å². The number of hydrogen-bond acceptors (Lipinski definition) is 1. The van der Waals surface area contributed by atoms with Crippen LogP contribution in [-0.4, -0.2) is 0 Å². The van der Waals surface area contributed by atoms with Gasteiger partial charge in [-0.1, -0.05) is 24.3 Å². The molecule has 0 aliphatic carbocycles. The summed E-state index contributed by atoms with van der Waals surface area (Å²) in [7, 11) is 0. The van der Waals surface area contributed by atoms with E-state index in [2.05, 4.69) is 38.6 Å². The van der Waals surface area contributed by atoms with E-state index in [9.17, 15) is 0 Å². The standard InChI is InChI=1S/C13H19N/c1-4-5-6-13(14)12-8-7-10(2)11(3)9-12/h4,7-9,13H,1,5-6,14H2,2-3H3/t13-/m0/s1. The summed E-state index contributed by atoms with van der Waals surface area (Å²) < 4.78 is 0. The van der Waals surface area contributed by atoms with Crippen LogP contribution in [0, 0.1) is 13.8 Å². The number of nitrogens with two attached hydrogens (primary N) is 1. The van der Waals surface area contributed by atoms with Gasteiger partial charge in [0.05, 0.1) is 0 Å². The summed E-state index contributed by atoms with van der Waals surface area (Å²) in [5.41, 5.74) is 9.92. The van der Waals surface area contributed by atoms with E-state index in [0.29, 0.717) is 0 Å². The van der Waals surface area contributed by atoms with Crippen LogP contribution >= 0.6 is 0 Å². The lowest BCUT2D eigenvalue weighted by Gasteiger charge is -2.12. The van der Waals surface area contributed by atoms with Gasteiger partial charge < -0.3 is 5.73 Å². The van der Waals surface area contributed by atoms with Gasteiger partial charge in [0.1, 0.15) is 0 Å². The molecular weight excluding hydrogens is 170 g/mol. The molecule has 1 heteroatoms. The van der Waals surface area contributed by atoms with Crippen molar-refractivity contribution in [1.29, 1.82) is 0 Å². The van der Waals surface area contributed by atoms with E-state index in [1.165, 1.54) is 16.7 Å². The molecular formula is C13H19N. The van der Waals surface area contributed by atoms with Crippen LogP contribution in [0.5, 0.6) is 0 Å². The molecule has 0 bridgehead atoms. The van der Waals surface area contributed by atoms with Gasteiger partial charge in [-0.3, -0.25) is 0 Å². The van der Waals surface area contributed by atoms with Gasteiger partial charge in [0, 0.05) is 6.04 Å². The van der Waals surface area contributed by atoms with E-state index in [4.69, 9.17) is 5.73 Å². The zero-order valence-electron chi connectivity index (χ0n) is 9.09. The van der Waals surface area contributed by atoms with Crippen molar-refractivity contribution in [3.63, 3.8) is 0 Å². The Kier molecular flexibility index (Phi) is 3.90. The third-order valence-electron chi connectivity index (χ3n) is 2.64. The summed E-state index contributed by atoms with van der Waals surface area (Å²) in [4.78, 5) is 0. The number of benzene rings is 1. The zero-order valence-corrected chi connectivity index (χ0v) is 9.09. The van der Waals surface area contributed by atoms with Gasteiger partial charge in [0.15, 0.2) is 0 Å². The minimum Gasteiger partial charge on any atom is -0.324 e. The first-order valence-corrected chi connectivity index (χ1v) is 5.08. The fourth-order valence-corrected chi connectivity index (χ4v) is 1.46. The van der Waals surface area contributed by atoms with Gasteiger partial charge in [-0.25, -0.2) is 0 Å². The normalized spacial score (nSPS) is 12.5. The second kappa shape index (κ2) is 4.97. The molecule has 0 aromatic heterocycles. The predicted molar refractivity (Wildman–Crippen MR) is 62.3 cm³/mol. The van der Waals surface area contributed by atoms with E-state index in [1.807, 2.05) is 6.08 Å². The van der Waals surface area contributed by atoms with E-state index < -0.39 is 0 Å². The summed E-state index contributed by atoms with van der Waals surface area (Å²) in [6, 6.07) is 6.59. The average molecular weight is 189 g/mol. The molecule has 0 fully saturated rings. The molecule has 1 rings (SSSR count). The van der Waals surface area contributed by atoms with Crippen molar-refractivity contribution in [2.75, 3.05) is 0 Å². The maximum atomic E-state index is 6.05. The van der Waals surface area contributed by atoms with Crippen molar-refractivity contribution in [3.05, 3.63) is 47.5 Å². The number of rotatable bonds is 4. The Morgan fingerprint density at radius 1 is 1.36 bits per heavy atom. The summed E-state index contributed by atoms with van der Waals surface area (Å²) in [6.07, 6.45) is 3.88. The maximum Gasteiger partial charge on any atom is 0.0297 e. The lowest BCUT2D eigenvalue weighted by atomic mass is 9.99. The van der Waals surface area contributed by atoms with Crippen molar-refractivity contribution in [3.8, 4) is 0 Å². The summed E-state index contributed by atoms with van der Waals surface area (Å²) in [5.74, 6) is 0. The minimum absolute atomic E-state index is 0.146. The van der Waals surface area contributed by atoms with Gasteiger partial charge in [-0.15, -0.1) is 6.58 Å². The van der Waals surface area contributed by atoms with E-state index in [0.717, 1.165) is 12.8 Å². The van der Waals surface area contributed by atoms with Crippen LogP contribution in [0.2, 0.25) is 0 Å². The molecule has 0 saturated carbocycles. The fraction of sp³-hybridized carbons (Fsp3) is 0.385. The molecule has 0 aliphatic rings. The summed E-state index contributed by atoms with van der Waals surface area (Å²) in [6.45, 7) is 7.95. The molecule has 1 atom stereocenters. The zero-order chi connectivity index (χ0) is 10.6. The highest BCUT2D eigenvalue weighted by Gasteiger charge is 2.05. The predicted octanol–water partition coefficient (Wildman–Crippen LogP) is 3.27. The molecule has 0 unspecified atom stereocenters. The minimum atomic E-state index is 0.146. The quantitative estimate of drug-likeness (QED) is 0.723. The summed E-state index contributed by atoms with van der Waals surface area (Å²) in [5, 5.41) is 0. The van der Waals surface area contributed by atoms with Gasteiger partial charge >= 0.3 is 0 Å². The molecule has 0 amide bonds. The smallest absolute Gasteiger partial charge is 0.0297 e. The van der Waals surface area contributed by atoms with E-state index in [-0.39, 0.29) is 6.04 Å². The van der Waals surface area contributed by atoms with Crippen LogP contribution < -0.4 is 5.73 Å². The number of aryl methyl sites for hydroxylation is 2. The Bertz CT molecular complexity index is 315. The van der Waals surface area contributed by atoms with Gasteiger partial charge in [-0.2, -0.15) is 0 Å². The largest absolute Gasteiger partial charge is 0.324 e. The molecule has 76 valence electrons. The average Bonchev–Trinajstić information content (AvgIpc) is 2.18. The van der Waals surface area contributed by atoms with Crippen molar-refractivity contribution < 1.29 is 0 Å². The highest BCUT2D eigenvalue weighted by atomic mass is 14.6. The molecule has 1 nitrogen and oxygen atoms in total. The SMILES string of the molecule is C=CCC[C@H](N)c1ccc(C)c(C)c1. The Morgan fingerprint density at radius 3 is 2.64 bits per heavy atom. The summed E-state index contributed by atoms with van der Waals surface area (Å²) >= 11 is 0. The number of allylic oxidation sites excluding steroid dienone is 1. The second-order valence-electron chi connectivity index (χ2n) is 3.82. The number of hydrogen-bond donors (Lipinski definition) is 1. The first-order valence-electron chi connectivity index (χ1n) is 5.08. The van der Waals surface area contributed by atoms with Crippen molar-refractivity contribution >= 4 is 0 Å². The van der Waals surface area contributed by atoms with Crippen LogP contribution in [0.4, 0.5) is 0 Å². The molecule has 2 N–H and O–H groups in total. The molecule has 0 spiro atoms. The lowest BCUT2D eigenvalue weighted by molar-refractivity contribution is 0.661. The second-order valence-corrected chi connectivity index (χ2v) is 3.82. The molecule has 0 aliphatic heterocycles. The molecule has 0 heterocycles. The molecule has 1 aromatic carbocycles. The van der Waals surface area contributed by atoms with Crippen LogP contribution in [0.3, 0.4) is 0 Å². The molecule has 1 aromatic rings. The van der Waals surface area contributed by atoms with E-state index in [1.54, 1.807) is 0 Å². The molecule has 0 radical (unpaired) electrons. The van der Waals surface area contributed by atoms with E-state index >= 15 is 0 Å². The van der Waals surface area contributed by atoms with Gasteiger partial charge in [0.2, 0.25) is 0 Å². The first kappa shape index (κ1) is 11.0. The Hall–Kier alpha value is -1.08. The fourth-order valence-electron chi connectivity index (χ4n) is 1.46. The first-order chi connectivity index (χ1) is 6.65. The van der Waals surface area contributed by atoms with Gasteiger partial charge in [-0.05, 0) is 43.4 Å².